The van der Waals surface area contributed by atoms with E-state index in [4.69, 9.17) is 0 Å². The molecule has 0 bridgehead atoms. The SMILES string of the molecule is C=C(CC)CC(O)CSc1cccc(Br)c1. The molecule has 16 heavy (non-hydrogen) atoms. The Bertz CT molecular complexity index is 352. The molecule has 1 unspecified atom stereocenters. The Morgan fingerprint density at radius 2 is 2.31 bits per heavy atom. The lowest BCUT2D eigenvalue weighted by molar-refractivity contribution is 0.199. The van der Waals surface area contributed by atoms with Crippen LogP contribution in [0.4, 0.5) is 0 Å². The van der Waals surface area contributed by atoms with E-state index in [2.05, 4.69) is 41.6 Å². The third-order valence-corrected chi connectivity index (χ3v) is 3.89. The molecule has 0 radical (unpaired) electrons. The van der Waals surface area contributed by atoms with Gasteiger partial charge in [-0.25, -0.2) is 0 Å². The Labute approximate surface area is 110 Å². The molecule has 88 valence electrons. The highest BCUT2D eigenvalue weighted by molar-refractivity contribution is 9.10. The molecule has 1 aromatic carbocycles. The van der Waals surface area contributed by atoms with Crippen molar-refractivity contribution in [1.82, 2.24) is 0 Å². The van der Waals surface area contributed by atoms with Gasteiger partial charge in [-0.15, -0.1) is 11.8 Å². The van der Waals surface area contributed by atoms with Crippen LogP contribution < -0.4 is 0 Å². The summed E-state index contributed by atoms with van der Waals surface area (Å²) in [5, 5.41) is 9.79. The van der Waals surface area contributed by atoms with E-state index in [1.54, 1.807) is 11.8 Å². The highest BCUT2D eigenvalue weighted by Gasteiger charge is 2.06. The monoisotopic (exact) mass is 300 g/mol. The molecule has 0 heterocycles. The third-order valence-electron chi connectivity index (χ3n) is 2.26. The minimum absolute atomic E-state index is 0.295. The standard InChI is InChI=1S/C13H17BrOS/c1-3-10(2)7-12(15)9-16-13-6-4-5-11(14)8-13/h4-6,8,12,15H,2-3,7,9H2,1H3. The Morgan fingerprint density at radius 1 is 1.56 bits per heavy atom. The predicted octanol–water partition coefficient (Wildman–Crippen LogP) is 4.26. The van der Waals surface area contributed by atoms with Crippen molar-refractivity contribution in [2.75, 3.05) is 5.75 Å². The molecule has 0 aliphatic carbocycles. The molecule has 0 aromatic heterocycles. The Kier molecular flexibility index (Phi) is 6.17. The first-order valence-electron chi connectivity index (χ1n) is 5.35. The van der Waals surface area contributed by atoms with Gasteiger partial charge < -0.3 is 5.11 Å². The van der Waals surface area contributed by atoms with E-state index in [0.717, 1.165) is 22.2 Å². The third kappa shape index (κ3) is 5.19. The Balaban J connectivity index is 2.37. The summed E-state index contributed by atoms with van der Waals surface area (Å²) >= 11 is 5.10. The molecule has 0 aliphatic rings. The normalized spacial score (nSPS) is 12.4. The van der Waals surface area contributed by atoms with Crippen LogP contribution in [-0.2, 0) is 0 Å². The van der Waals surface area contributed by atoms with Crippen molar-refractivity contribution < 1.29 is 5.11 Å². The van der Waals surface area contributed by atoms with Crippen LogP contribution in [0.25, 0.3) is 0 Å². The quantitative estimate of drug-likeness (QED) is 0.626. The number of hydrogen-bond acceptors (Lipinski definition) is 2. The van der Waals surface area contributed by atoms with E-state index in [9.17, 15) is 5.11 Å². The number of benzene rings is 1. The van der Waals surface area contributed by atoms with Crippen LogP contribution >= 0.6 is 27.7 Å². The van der Waals surface area contributed by atoms with Crippen molar-refractivity contribution in [3.8, 4) is 0 Å². The minimum Gasteiger partial charge on any atom is -0.392 e. The van der Waals surface area contributed by atoms with Crippen LogP contribution in [0.1, 0.15) is 19.8 Å². The summed E-state index contributed by atoms with van der Waals surface area (Å²) in [7, 11) is 0. The fraction of sp³-hybridized carbons (Fsp3) is 0.385. The molecule has 0 spiro atoms. The molecule has 1 aromatic rings. The molecule has 0 fully saturated rings. The van der Waals surface area contributed by atoms with Gasteiger partial charge in [-0.2, -0.15) is 0 Å². The van der Waals surface area contributed by atoms with E-state index in [-0.39, 0.29) is 6.10 Å². The molecule has 1 nitrogen and oxygen atoms in total. The van der Waals surface area contributed by atoms with Crippen LogP contribution in [0, 0.1) is 0 Å². The number of halogens is 1. The van der Waals surface area contributed by atoms with Crippen LogP contribution in [0.15, 0.2) is 45.8 Å². The fourth-order valence-corrected chi connectivity index (χ4v) is 2.72. The van der Waals surface area contributed by atoms with Crippen molar-refractivity contribution in [2.45, 2.75) is 30.8 Å². The summed E-state index contributed by atoms with van der Waals surface area (Å²) in [6.07, 6.45) is 1.35. The average Bonchev–Trinajstić information content (AvgIpc) is 2.26. The molecule has 1 N–H and O–H groups in total. The summed E-state index contributed by atoms with van der Waals surface area (Å²) in [5.74, 6) is 0.718. The molecular formula is C13H17BrOS. The zero-order chi connectivity index (χ0) is 12.0. The highest BCUT2D eigenvalue weighted by atomic mass is 79.9. The van der Waals surface area contributed by atoms with Gasteiger partial charge in [0.1, 0.15) is 0 Å². The van der Waals surface area contributed by atoms with Crippen LogP contribution in [-0.4, -0.2) is 17.0 Å². The Morgan fingerprint density at radius 3 is 2.94 bits per heavy atom. The van der Waals surface area contributed by atoms with Gasteiger partial charge in [-0.05, 0) is 31.0 Å². The second kappa shape index (κ2) is 7.15. The van der Waals surface area contributed by atoms with Crippen molar-refractivity contribution in [2.24, 2.45) is 0 Å². The lowest BCUT2D eigenvalue weighted by Gasteiger charge is -2.11. The van der Waals surface area contributed by atoms with Gasteiger partial charge in [0.05, 0.1) is 6.10 Å². The topological polar surface area (TPSA) is 20.2 Å². The van der Waals surface area contributed by atoms with Crippen LogP contribution in [0.5, 0.6) is 0 Å². The number of aliphatic hydroxyl groups is 1. The van der Waals surface area contributed by atoms with E-state index >= 15 is 0 Å². The van der Waals surface area contributed by atoms with Crippen LogP contribution in [0.3, 0.4) is 0 Å². The van der Waals surface area contributed by atoms with Crippen molar-refractivity contribution in [1.29, 1.82) is 0 Å². The maximum Gasteiger partial charge on any atom is 0.0671 e. The van der Waals surface area contributed by atoms with Crippen molar-refractivity contribution in [3.63, 3.8) is 0 Å². The van der Waals surface area contributed by atoms with E-state index < -0.39 is 0 Å². The van der Waals surface area contributed by atoms with Crippen LogP contribution in [0.2, 0.25) is 0 Å². The zero-order valence-electron chi connectivity index (χ0n) is 9.45. The predicted molar refractivity (Wildman–Crippen MR) is 74.9 cm³/mol. The van der Waals surface area contributed by atoms with E-state index in [1.165, 1.54) is 4.90 Å². The molecular weight excluding hydrogens is 284 g/mol. The van der Waals surface area contributed by atoms with Gasteiger partial charge in [0.25, 0.3) is 0 Å². The zero-order valence-corrected chi connectivity index (χ0v) is 11.9. The van der Waals surface area contributed by atoms with Gasteiger partial charge in [0.2, 0.25) is 0 Å². The molecule has 0 aliphatic heterocycles. The average molecular weight is 301 g/mol. The molecule has 1 atom stereocenters. The van der Waals surface area contributed by atoms with Gasteiger partial charge in [0.15, 0.2) is 0 Å². The first kappa shape index (κ1) is 13.8. The Hall–Kier alpha value is -0.250. The second-order valence-electron chi connectivity index (χ2n) is 3.73. The maximum atomic E-state index is 9.79. The smallest absolute Gasteiger partial charge is 0.0671 e. The maximum absolute atomic E-state index is 9.79. The lowest BCUT2D eigenvalue weighted by Crippen LogP contribution is -2.10. The van der Waals surface area contributed by atoms with Gasteiger partial charge in [-0.1, -0.05) is 41.1 Å². The number of rotatable bonds is 6. The van der Waals surface area contributed by atoms with Gasteiger partial charge in [-0.3, -0.25) is 0 Å². The summed E-state index contributed by atoms with van der Waals surface area (Å²) in [6.45, 7) is 5.97. The number of thioether (sulfide) groups is 1. The number of hydrogen-bond donors (Lipinski definition) is 1. The van der Waals surface area contributed by atoms with Crippen molar-refractivity contribution >= 4 is 27.7 Å². The van der Waals surface area contributed by atoms with Crippen molar-refractivity contribution in [3.05, 3.63) is 40.9 Å². The molecule has 3 heteroatoms. The summed E-state index contributed by atoms with van der Waals surface area (Å²) in [4.78, 5) is 1.18. The largest absolute Gasteiger partial charge is 0.392 e. The summed E-state index contributed by atoms with van der Waals surface area (Å²) < 4.78 is 1.07. The first-order chi connectivity index (χ1) is 7.61. The van der Waals surface area contributed by atoms with E-state index in [1.807, 2.05) is 12.1 Å². The molecule has 1 rings (SSSR count). The second-order valence-corrected chi connectivity index (χ2v) is 5.74. The van der Waals surface area contributed by atoms with Gasteiger partial charge in [0, 0.05) is 15.1 Å². The molecule has 0 saturated carbocycles. The lowest BCUT2D eigenvalue weighted by atomic mass is 10.1. The number of aliphatic hydroxyl groups excluding tert-OH is 1. The molecule has 0 saturated heterocycles. The van der Waals surface area contributed by atoms with Gasteiger partial charge >= 0.3 is 0 Å². The summed E-state index contributed by atoms with van der Waals surface area (Å²) in [5.41, 5.74) is 1.11. The fourth-order valence-electron chi connectivity index (χ4n) is 1.29. The van der Waals surface area contributed by atoms with E-state index in [0.29, 0.717) is 6.42 Å². The summed E-state index contributed by atoms with van der Waals surface area (Å²) in [6, 6.07) is 8.12. The minimum atomic E-state index is -0.295. The highest BCUT2D eigenvalue weighted by Crippen LogP contribution is 2.23. The first-order valence-corrected chi connectivity index (χ1v) is 7.12. The molecule has 0 amide bonds.